The second-order valence-electron chi connectivity index (χ2n) is 4.37. The molecule has 0 fully saturated rings. The lowest BCUT2D eigenvalue weighted by Gasteiger charge is -2.09. The van der Waals surface area contributed by atoms with Crippen molar-refractivity contribution in [1.29, 1.82) is 0 Å². The van der Waals surface area contributed by atoms with Crippen molar-refractivity contribution in [3.63, 3.8) is 0 Å². The molecule has 0 bridgehead atoms. The van der Waals surface area contributed by atoms with Gasteiger partial charge in [0.1, 0.15) is 6.04 Å². The molecule has 0 saturated carbocycles. The van der Waals surface area contributed by atoms with Crippen molar-refractivity contribution in [2.45, 2.75) is 12.5 Å². The van der Waals surface area contributed by atoms with E-state index in [0.29, 0.717) is 6.42 Å². The number of methoxy groups -OCH3 is 1. The molecule has 2 rings (SSSR count). The van der Waals surface area contributed by atoms with E-state index in [-0.39, 0.29) is 0 Å². The molecule has 2 aromatic rings. The van der Waals surface area contributed by atoms with Crippen molar-refractivity contribution < 1.29 is 9.53 Å². The van der Waals surface area contributed by atoms with E-state index in [1.54, 1.807) is 6.20 Å². The highest BCUT2D eigenvalue weighted by molar-refractivity contribution is 5.75. The number of aromatic nitrogens is 2. The number of benzene rings is 1. The molecular weight excluding hydrogens is 242 g/mol. The molecule has 1 aromatic carbocycles. The highest BCUT2D eigenvalue weighted by Gasteiger charge is 2.14. The first kappa shape index (κ1) is 13.3. The van der Waals surface area contributed by atoms with Gasteiger partial charge >= 0.3 is 5.97 Å². The standard InChI is InChI=1S/C14H17N3O2/c1-17-13(7-8-16-17)11-5-3-10(4-6-11)9-12(15)14(18)19-2/h3-8,12H,9,15H2,1-2H3. The van der Waals surface area contributed by atoms with Crippen LogP contribution in [0.4, 0.5) is 0 Å². The fraction of sp³-hybridized carbons (Fsp3) is 0.286. The third-order valence-electron chi connectivity index (χ3n) is 3.03. The van der Waals surface area contributed by atoms with Crippen LogP contribution in [0.5, 0.6) is 0 Å². The first-order chi connectivity index (χ1) is 9.11. The van der Waals surface area contributed by atoms with Crippen LogP contribution in [0.25, 0.3) is 11.3 Å². The number of aryl methyl sites for hydroxylation is 1. The minimum Gasteiger partial charge on any atom is -0.468 e. The molecule has 19 heavy (non-hydrogen) atoms. The first-order valence-corrected chi connectivity index (χ1v) is 6.02. The molecule has 100 valence electrons. The van der Waals surface area contributed by atoms with Gasteiger partial charge in [-0.1, -0.05) is 24.3 Å². The van der Waals surface area contributed by atoms with Gasteiger partial charge in [-0.3, -0.25) is 9.48 Å². The normalized spacial score (nSPS) is 12.2. The number of ether oxygens (including phenoxy) is 1. The summed E-state index contributed by atoms with van der Waals surface area (Å²) in [5, 5.41) is 4.13. The molecule has 1 unspecified atom stereocenters. The molecule has 0 spiro atoms. The molecule has 0 aliphatic heterocycles. The van der Waals surface area contributed by atoms with E-state index in [4.69, 9.17) is 5.73 Å². The molecule has 0 amide bonds. The van der Waals surface area contributed by atoms with Crippen LogP contribution in [0.15, 0.2) is 36.5 Å². The van der Waals surface area contributed by atoms with Gasteiger partial charge in [-0.15, -0.1) is 0 Å². The van der Waals surface area contributed by atoms with Crippen molar-refractivity contribution in [2.75, 3.05) is 7.11 Å². The highest BCUT2D eigenvalue weighted by Crippen LogP contribution is 2.19. The quantitative estimate of drug-likeness (QED) is 0.836. The van der Waals surface area contributed by atoms with Crippen LogP contribution in [0.3, 0.4) is 0 Å². The smallest absolute Gasteiger partial charge is 0.322 e. The van der Waals surface area contributed by atoms with E-state index in [0.717, 1.165) is 16.8 Å². The lowest BCUT2D eigenvalue weighted by Crippen LogP contribution is -2.33. The Balaban J connectivity index is 2.11. The van der Waals surface area contributed by atoms with Crippen molar-refractivity contribution in [2.24, 2.45) is 12.8 Å². The molecule has 1 aromatic heterocycles. The molecule has 1 heterocycles. The minimum absolute atomic E-state index is 0.393. The summed E-state index contributed by atoms with van der Waals surface area (Å²) in [6, 6.07) is 9.26. The highest BCUT2D eigenvalue weighted by atomic mass is 16.5. The second kappa shape index (κ2) is 5.67. The number of carbonyl (C=O) groups excluding carboxylic acids is 1. The van der Waals surface area contributed by atoms with Gasteiger partial charge in [-0.05, 0) is 23.6 Å². The van der Waals surface area contributed by atoms with Gasteiger partial charge in [0, 0.05) is 13.2 Å². The maximum Gasteiger partial charge on any atom is 0.322 e. The van der Waals surface area contributed by atoms with Gasteiger partial charge in [0.2, 0.25) is 0 Å². The molecule has 0 aliphatic carbocycles. The van der Waals surface area contributed by atoms with Gasteiger partial charge in [0.25, 0.3) is 0 Å². The van der Waals surface area contributed by atoms with E-state index < -0.39 is 12.0 Å². The zero-order valence-corrected chi connectivity index (χ0v) is 11.0. The number of hydrogen-bond acceptors (Lipinski definition) is 4. The molecular formula is C14H17N3O2. The summed E-state index contributed by atoms with van der Waals surface area (Å²) in [6.07, 6.45) is 2.23. The molecule has 0 aliphatic rings. The van der Waals surface area contributed by atoms with Crippen LogP contribution >= 0.6 is 0 Å². The van der Waals surface area contributed by atoms with Crippen molar-refractivity contribution in [1.82, 2.24) is 9.78 Å². The van der Waals surface area contributed by atoms with Gasteiger partial charge < -0.3 is 10.5 Å². The summed E-state index contributed by atoms with van der Waals surface area (Å²) in [7, 11) is 3.24. The minimum atomic E-state index is -0.618. The van der Waals surface area contributed by atoms with Crippen LogP contribution in [-0.2, 0) is 23.0 Å². The summed E-state index contributed by atoms with van der Waals surface area (Å²) in [6.45, 7) is 0. The maximum atomic E-state index is 11.3. The Labute approximate surface area is 112 Å². The third-order valence-corrected chi connectivity index (χ3v) is 3.03. The Hall–Kier alpha value is -2.14. The number of nitrogens with zero attached hydrogens (tertiary/aromatic N) is 2. The van der Waals surface area contributed by atoms with Gasteiger partial charge in [0.15, 0.2) is 0 Å². The average molecular weight is 259 g/mol. The summed E-state index contributed by atoms with van der Waals surface area (Å²) in [4.78, 5) is 11.3. The summed E-state index contributed by atoms with van der Waals surface area (Å²) in [5.74, 6) is -0.393. The Kier molecular flexibility index (Phi) is 3.97. The zero-order valence-electron chi connectivity index (χ0n) is 11.0. The van der Waals surface area contributed by atoms with Crippen LogP contribution in [0.2, 0.25) is 0 Å². The molecule has 0 radical (unpaired) electrons. The number of nitrogens with two attached hydrogens (primary N) is 1. The summed E-state index contributed by atoms with van der Waals surface area (Å²) < 4.78 is 6.42. The Morgan fingerprint density at radius 3 is 2.58 bits per heavy atom. The van der Waals surface area contributed by atoms with Gasteiger partial charge in [-0.2, -0.15) is 5.10 Å². The molecule has 5 nitrogen and oxygen atoms in total. The SMILES string of the molecule is COC(=O)C(N)Cc1ccc(-c2ccnn2C)cc1. The lowest BCUT2D eigenvalue weighted by molar-refractivity contribution is -0.142. The number of hydrogen-bond donors (Lipinski definition) is 1. The predicted molar refractivity (Wildman–Crippen MR) is 72.3 cm³/mol. The Morgan fingerprint density at radius 2 is 2.05 bits per heavy atom. The predicted octanol–water partition coefficient (Wildman–Crippen LogP) is 1.13. The number of esters is 1. The van der Waals surface area contributed by atoms with E-state index in [1.165, 1.54) is 7.11 Å². The van der Waals surface area contributed by atoms with Gasteiger partial charge in [0.05, 0.1) is 12.8 Å². The average Bonchev–Trinajstić information content (AvgIpc) is 2.85. The van der Waals surface area contributed by atoms with Crippen LogP contribution in [-0.4, -0.2) is 28.9 Å². The summed E-state index contributed by atoms with van der Waals surface area (Å²) in [5.41, 5.74) is 8.86. The molecule has 1 atom stereocenters. The zero-order chi connectivity index (χ0) is 13.8. The number of rotatable bonds is 4. The lowest BCUT2D eigenvalue weighted by atomic mass is 10.0. The van der Waals surface area contributed by atoms with E-state index in [1.807, 2.05) is 42.1 Å². The van der Waals surface area contributed by atoms with Crippen LogP contribution < -0.4 is 5.73 Å². The molecule has 5 heteroatoms. The number of carbonyl (C=O) groups is 1. The van der Waals surface area contributed by atoms with Gasteiger partial charge in [-0.25, -0.2) is 0 Å². The van der Waals surface area contributed by atoms with E-state index in [2.05, 4.69) is 9.84 Å². The van der Waals surface area contributed by atoms with Crippen molar-refractivity contribution in [3.8, 4) is 11.3 Å². The fourth-order valence-corrected chi connectivity index (χ4v) is 1.96. The monoisotopic (exact) mass is 259 g/mol. The maximum absolute atomic E-state index is 11.3. The van der Waals surface area contributed by atoms with E-state index >= 15 is 0 Å². The van der Waals surface area contributed by atoms with Crippen LogP contribution in [0.1, 0.15) is 5.56 Å². The van der Waals surface area contributed by atoms with Crippen molar-refractivity contribution >= 4 is 5.97 Å². The third kappa shape index (κ3) is 3.00. The first-order valence-electron chi connectivity index (χ1n) is 6.02. The Morgan fingerprint density at radius 1 is 1.37 bits per heavy atom. The molecule has 2 N–H and O–H groups in total. The fourth-order valence-electron chi connectivity index (χ4n) is 1.96. The molecule has 0 saturated heterocycles. The Bertz CT molecular complexity index is 560. The van der Waals surface area contributed by atoms with Crippen molar-refractivity contribution in [3.05, 3.63) is 42.1 Å². The summed E-state index contributed by atoms with van der Waals surface area (Å²) >= 11 is 0. The largest absolute Gasteiger partial charge is 0.468 e. The van der Waals surface area contributed by atoms with Crippen LogP contribution in [0, 0.1) is 0 Å². The second-order valence-corrected chi connectivity index (χ2v) is 4.37. The van der Waals surface area contributed by atoms with E-state index in [9.17, 15) is 4.79 Å². The topological polar surface area (TPSA) is 70.1 Å².